The number of rotatable bonds is 5. The molecule has 0 radical (unpaired) electrons. The molecule has 0 aliphatic heterocycles. The summed E-state index contributed by atoms with van der Waals surface area (Å²) in [6, 6.07) is 12.2. The molecule has 0 fully saturated rings. The van der Waals surface area contributed by atoms with Crippen LogP contribution in [0, 0.1) is 6.92 Å². The molecule has 21 heavy (non-hydrogen) atoms. The molecule has 4 heteroatoms. The summed E-state index contributed by atoms with van der Waals surface area (Å²) in [5, 5.41) is 3.36. The zero-order valence-electron chi connectivity index (χ0n) is 12.7. The molecular formula is C17H20BrNO2. The number of nitrogens with one attached hydrogen (secondary N) is 1. The number of aryl methyl sites for hydroxylation is 1. The number of methoxy groups -OCH3 is 2. The van der Waals surface area contributed by atoms with Gasteiger partial charge in [-0.2, -0.15) is 0 Å². The Bertz CT molecular complexity index is 628. The summed E-state index contributed by atoms with van der Waals surface area (Å²) in [5.74, 6) is 1.65. The van der Waals surface area contributed by atoms with Crippen LogP contribution in [0.2, 0.25) is 0 Å². The monoisotopic (exact) mass is 349 g/mol. The Morgan fingerprint density at radius 3 is 2.38 bits per heavy atom. The minimum absolute atomic E-state index is 0.0179. The normalized spacial score (nSPS) is 12.0. The average molecular weight is 350 g/mol. The Labute approximate surface area is 134 Å². The minimum Gasteiger partial charge on any atom is -0.497 e. The van der Waals surface area contributed by atoms with E-state index in [9.17, 15) is 0 Å². The van der Waals surface area contributed by atoms with Crippen LogP contribution in [0.25, 0.3) is 0 Å². The Kier molecular flexibility index (Phi) is 5.26. The van der Waals surface area contributed by atoms with Crippen molar-refractivity contribution in [3.05, 3.63) is 57.6 Å². The van der Waals surface area contributed by atoms with Gasteiger partial charge in [0.2, 0.25) is 0 Å². The van der Waals surface area contributed by atoms with E-state index < -0.39 is 0 Å². The van der Waals surface area contributed by atoms with Gasteiger partial charge in [0.15, 0.2) is 0 Å². The molecule has 0 saturated carbocycles. The molecule has 0 aliphatic carbocycles. The largest absolute Gasteiger partial charge is 0.497 e. The number of benzene rings is 2. The molecule has 0 aliphatic rings. The summed E-state index contributed by atoms with van der Waals surface area (Å²) in [6.45, 7) is 2.09. The summed E-state index contributed by atoms with van der Waals surface area (Å²) >= 11 is 3.64. The second-order valence-electron chi connectivity index (χ2n) is 4.85. The van der Waals surface area contributed by atoms with Crippen LogP contribution in [0.3, 0.4) is 0 Å². The molecule has 0 amide bonds. The van der Waals surface area contributed by atoms with E-state index in [-0.39, 0.29) is 6.04 Å². The van der Waals surface area contributed by atoms with E-state index in [1.165, 1.54) is 11.1 Å². The summed E-state index contributed by atoms with van der Waals surface area (Å²) < 4.78 is 11.9. The van der Waals surface area contributed by atoms with Gasteiger partial charge in [-0.3, -0.25) is 0 Å². The van der Waals surface area contributed by atoms with Gasteiger partial charge in [-0.15, -0.1) is 0 Å². The lowest BCUT2D eigenvalue weighted by Gasteiger charge is -2.22. The molecule has 0 bridgehead atoms. The van der Waals surface area contributed by atoms with Gasteiger partial charge >= 0.3 is 0 Å². The summed E-state index contributed by atoms with van der Waals surface area (Å²) in [5.41, 5.74) is 3.44. The third-order valence-electron chi connectivity index (χ3n) is 3.50. The summed E-state index contributed by atoms with van der Waals surface area (Å²) in [7, 11) is 5.30. The van der Waals surface area contributed by atoms with E-state index in [1.54, 1.807) is 14.2 Å². The summed E-state index contributed by atoms with van der Waals surface area (Å²) in [6.07, 6.45) is 0. The number of hydrogen-bond acceptors (Lipinski definition) is 3. The molecule has 1 N–H and O–H groups in total. The second kappa shape index (κ2) is 6.96. The molecule has 1 unspecified atom stereocenters. The van der Waals surface area contributed by atoms with Crippen LogP contribution in [0.15, 0.2) is 40.9 Å². The van der Waals surface area contributed by atoms with Crippen molar-refractivity contribution in [2.45, 2.75) is 13.0 Å². The fourth-order valence-corrected chi connectivity index (χ4v) is 2.90. The molecule has 0 heterocycles. The number of hydrogen-bond donors (Lipinski definition) is 1. The molecule has 0 saturated heterocycles. The topological polar surface area (TPSA) is 30.5 Å². The van der Waals surface area contributed by atoms with Gasteiger partial charge in [0.1, 0.15) is 11.5 Å². The van der Waals surface area contributed by atoms with Gasteiger partial charge in [0.25, 0.3) is 0 Å². The SMILES string of the molecule is CNC(c1cc(C)ccc1Br)c1cc(OC)ccc1OC. The van der Waals surface area contributed by atoms with Crippen molar-refractivity contribution >= 4 is 15.9 Å². The van der Waals surface area contributed by atoms with Gasteiger partial charge in [-0.25, -0.2) is 0 Å². The maximum absolute atomic E-state index is 5.51. The first kappa shape index (κ1) is 15.9. The Balaban J connectivity index is 2.57. The molecule has 0 aromatic heterocycles. The smallest absolute Gasteiger partial charge is 0.124 e. The van der Waals surface area contributed by atoms with Crippen molar-refractivity contribution in [1.82, 2.24) is 5.32 Å². The highest BCUT2D eigenvalue weighted by Gasteiger charge is 2.20. The average Bonchev–Trinajstić information content (AvgIpc) is 2.51. The fourth-order valence-electron chi connectivity index (χ4n) is 2.43. The van der Waals surface area contributed by atoms with Crippen molar-refractivity contribution in [3.8, 4) is 11.5 Å². The van der Waals surface area contributed by atoms with Crippen LogP contribution in [-0.4, -0.2) is 21.3 Å². The van der Waals surface area contributed by atoms with Gasteiger partial charge in [-0.1, -0.05) is 33.6 Å². The second-order valence-corrected chi connectivity index (χ2v) is 5.71. The van der Waals surface area contributed by atoms with Crippen LogP contribution >= 0.6 is 15.9 Å². The van der Waals surface area contributed by atoms with Gasteiger partial charge in [-0.05, 0) is 43.8 Å². The van der Waals surface area contributed by atoms with Crippen LogP contribution in [-0.2, 0) is 0 Å². The van der Waals surface area contributed by atoms with E-state index in [0.717, 1.165) is 21.5 Å². The predicted molar refractivity (Wildman–Crippen MR) is 89.3 cm³/mol. The maximum atomic E-state index is 5.51. The Morgan fingerprint density at radius 2 is 1.76 bits per heavy atom. The van der Waals surface area contributed by atoms with E-state index in [2.05, 4.69) is 46.4 Å². The fraction of sp³-hybridized carbons (Fsp3) is 0.294. The highest BCUT2D eigenvalue weighted by Crippen LogP contribution is 2.36. The zero-order chi connectivity index (χ0) is 15.4. The highest BCUT2D eigenvalue weighted by atomic mass is 79.9. The van der Waals surface area contributed by atoms with E-state index in [1.807, 2.05) is 25.2 Å². The lowest BCUT2D eigenvalue weighted by atomic mass is 9.96. The molecule has 1 atom stereocenters. The minimum atomic E-state index is 0.0179. The van der Waals surface area contributed by atoms with Crippen LogP contribution in [0.1, 0.15) is 22.7 Å². The quantitative estimate of drug-likeness (QED) is 0.881. The van der Waals surface area contributed by atoms with Crippen LogP contribution in [0.5, 0.6) is 11.5 Å². The van der Waals surface area contributed by atoms with Crippen molar-refractivity contribution in [1.29, 1.82) is 0 Å². The van der Waals surface area contributed by atoms with Crippen molar-refractivity contribution < 1.29 is 9.47 Å². The number of ether oxygens (including phenoxy) is 2. The molecule has 112 valence electrons. The molecule has 2 aromatic carbocycles. The molecule has 2 rings (SSSR count). The molecular weight excluding hydrogens is 330 g/mol. The Hall–Kier alpha value is -1.52. The third-order valence-corrected chi connectivity index (χ3v) is 4.22. The predicted octanol–water partition coefficient (Wildman–Crippen LogP) is 4.08. The van der Waals surface area contributed by atoms with Crippen LogP contribution < -0.4 is 14.8 Å². The van der Waals surface area contributed by atoms with Crippen molar-refractivity contribution in [2.24, 2.45) is 0 Å². The van der Waals surface area contributed by atoms with E-state index in [4.69, 9.17) is 9.47 Å². The third kappa shape index (κ3) is 3.39. The first-order valence-electron chi connectivity index (χ1n) is 6.76. The van der Waals surface area contributed by atoms with Crippen LogP contribution in [0.4, 0.5) is 0 Å². The highest BCUT2D eigenvalue weighted by molar-refractivity contribution is 9.10. The summed E-state index contributed by atoms with van der Waals surface area (Å²) in [4.78, 5) is 0. The first-order valence-corrected chi connectivity index (χ1v) is 7.55. The van der Waals surface area contributed by atoms with Gasteiger partial charge in [0.05, 0.1) is 20.3 Å². The zero-order valence-corrected chi connectivity index (χ0v) is 14.3. The lowest BCUT2D eigenvalue weighted by Crippen LogP contribution is -2.19. The van der Waals surface area contributed by atoms with Gasteiger partial charge < -0.3 is 14.8 Å². The maximum Gasteiger partial charge on any atom is 0.124 e. The first-order chi connectivity index (χ1) is 10.1. The van der Waals surface area contributed by atoms with Crippen molar-refractivity contribution in [2.75, 3.05) is 21.3 Å². The number of halogens is 1. The Morgan fingerprint density at radius 1 is 1.00 bits per heavy atom. The van der Waals surface area contributed by atoms with E-state index in [0.29, 0.717) is 0 Å². The molecule has 3 nitrogen and oxygen atoms in total. The lowest BCUT2D eigenvalue weighted by molar-refractivity contribution is 0.395. The van der Waals surface area contributed by atoms with Gasteiger partial charge in [0, 0.05) is 10.0 Å². The van der Waals surface area contributed by atoms with Crippen molar-refractivity contribution in [3.63, 3.8) is 0 Å². The van der Waals surface area contributed by atoms with E-state index >= 15 is 0 Å². The standard InChI is InChI=1S/C17H20BrNO2/c1-11-5-7-15(18)13(9-11)17(19-2)14-10-12(20-3)6-8-16(14)21-4/h5-10,17,19H,1-4H3. The molecule has 2 aromatic rings. The molecule has 0 spiro atoms.